The fourth-order valence-corrected chi connectivity index (χ4v) is 1.64. The molecule has 0 saturated carbocycles. The molecule has 17 heavy (non-hydrogen) atoms. The molecule has 0 radical (unpaired) electrons. The molecule has 1 heterocycles. The summed E-state index contributed by atoms with van der Waals surface area (Å²) in [6, 6.07) is 14.0. The molecule has 0 aliphatic carbocycles. The van der Waals surface area contributed by atoms with Crippen LogP contribution >= 0.6 is 0 Å². The van der Waals surface area contributed by atoms with E-state index in [1.54, 1.807) is 6.20 Å². The second kappa shape index (κ2) is 5.22. The third-order valence-corrected chi connectivity index (χ3v) is 2.62. The summed E-state index contributed by atoms with van der Waals surface area (Å²) in [5.41, 5.74) is 1.91. The van der Waals surface area contributed by atoms with Crippen LogP contribution in [0.1, 0.15) is 25.1 Å². The summed E-state index contributed by atoms with van der Waals surface area (Å²) in [5, 5.41) is 9.01. The summed E-state index contributed by atoms with van der Waals surface area (Å²) >= 11 is 0. The molecule has 1 aromatic heterocycles. The molecule has 1 unspecified atom stereocenters. The molecule has 2 aromatic rings. The van der Waals surface area contributed by atoms with E-state index >= 15 is 0 Å². The van der Waals surface area contributed by atoms with Gasteiger partial charge in [-0.05, 0) is 12.5 Å². The summed E-state index contributed by atoms with van der Waals surface area (Å²) in [6.07, 6.45) is 2.44. The summed E-state index contributed by atoms with van der Waals surface area (Å²) < 4.78 is 0. The molecule has 84 valence electrons. The highest BCUT2D eigenvalue weighted by Crippen LogP contribution is 2.19. The maximum Gasteiger partial charge on any atom is 0.146 e. The van der Waals surface area contributed by atoms with Crippen LogP contribution in [0, 0.1) is 11.3 Å². The zero-order valence-corrected chi connectivity index (χ0v) is 9.67. The number of benzene rings is 1. The maximum atomic E-state index is 9.01. The van der Waals surface area contributed by atoms with Crippen LogP contribution in [-0.4, -0.2) is 9.97 Å². The van der Waals surface area contributed by atoms with Gasteiger partial charge in [0, 0.05) is 11.8 Å². The van der Waals surface area contributed by atoms with Crippen LogP contribution in [0.25, 0.3) is 11.3 Å². The Morgan fingerprint density at radius 3 is 2.65 bits per heavy atom. The number of nitrogens with zero attached hydrogens (tertiary/aromatic N) is 3. The van der Waals surface area contributed by atoms with Crippen molar-refractivity contribution < 1.29 is 0 Å². The predicted molar refractivity (Wildman–Crippen MR) is 66.1 cm³/mol. The Hall–Kier alpha value is -2.21. The van der Waals surface area contributed by atoms with Crippen LogP contribution < -0.4 is 0 Å². The number of rotatable bonds is 3. The third-order valence-electron chi connectivity index (χ3n) is 2.62. The zero-order chi connectivity index (χ0) is 12.1. The van der Waals surface area contributed by atoms with Crippen molar-refractivity contribution in [3.05, 3.63) is 48.4 Å². The quantitative estimate of drug-likeness (QED) is 0.803. The van der Waals surface area contributed by atoms with Gasteiger partial charge in [-0.3, -0.25) is 0 Å². The monoisotopic (exact) mass is 223 g/mol. The van der Waals surface area contributed by atoms with Gasteiger partial charge in [-0.2, -0.15) is 5.26 Å². The number of aromatic nitrogens is 2. The maximum absolute atomic E-state index is 9.01. The highest BCUT2D eigenvalue weighted by molar-refractivity contribution is 5.58. The van der Waals surface area contributed by atoms with E-state index in [-0.39, 0.29) is 5.92 Å². The lowest BCUT2D eigenvalue weighted by Gasteiger charge is -2.06. The van der Waals surface area contributed by atoms with Crippen LogP contribution in [0.3, 0.4) is 0 Å². The first kappa shape index (κ1) is 11.3. The van der Waals surface area contributed by atoms with E-state index in [0.717, 1.165) is 17.7 Å². The van der Waals surface area contributed by atoms with Crippen molar-refractivity contribution in [2.75, 3.05) is 0 Å². The van der Waals surface area contributed by atoms with Crippen molar-refractivity contribution in [2.45, 2.75) is 19.3 Å². The van der Waals surface area contributed by atoms with Crippen molar-refractivity contribution in [2.24, 2.45) is 0 Å². The van der Waals surface area contributed by atoms with E-state index in [4.69, 9.17) is 5.26 Å². The van der Waals surface area contributed by atoms with E-state index in [0.29, 0.717) is 5.82 Å². The SMILES string of the molecule is CCC(C#N)c1nccc(-c2ccccc2)n1. The highest BCUT2D eigenvalue weighted by atomic mass is 14.9. The van der Waals surface area contributed by atoms with E-state index in [9.17, 15) is 0 Å². The van der Waals surface area contributed by atoms with Gasteiger partial charge in [-0.1, -0.05) is 37.3 Å². The summed E-state index contributed by atoms with van der Waals surface area (Å²) in [7, 11) is 0. The molecule has 0 bridgehead atoms. The molecule has 0 amide bonds. The fraction of sp³-hybridized carbons (Fsp3) is 0.214. The van der Waals surface area contributed by atoms with Crippen molar-refractivity contribution in [1.82, 2.24) is 9.97 Å². The highest BCUT2D eigenvalue weighted by Gasteiger charge is 2.11. The first-order valence-electron chi connectivity index (χ1n) is 5.63. The van der Waals surface area contributed by atoms with Crippen LogP contribution in [0.5, 0.6) is 0 Å². The van der Waals surface area contributed by atoms with Crippen molar-refractivity contribution in [1.29, 1.82) is 5.26 Å². The van der Waals surface area contributed by atoms with Gasteiger partial charge >= 0.3 is 0 Å². The zero-order valence-electron chi connectivity index (χ0n) is 9.67. The molecule has 0 aliphatic rings. The Kier molecular flexibility index (Phi) is 3.46. The second-order valence-electron chi connectivity index (χ2n) is 3.76. The van der Waals surface area contributed by atoms with Crippen molar-refractivity contribution in [3.8, 4) is 17.3 Å². The average molecular weight is 223 g/mol. The number of hydrogen-bond acceptors (Lipinski definition) is 3. The molecular formula is C14H13N3. The first-order valence-corrected chi connectivity index (χ1v) is 5.63. The smallest absolute Gasteiger partial charge is 0.146 e. The minimum absolute atomic E-state index is 0.223. The van der Waals surface area contributed by atoms with Crippen molar-refractivity contribution in [3.63, 3.8) is 0 Å². The Labute approximate surface area is 101 Å². The molecule has 0 saturated heterocycles. The van der Waals surface area contributed by atoms with Crippen molar-refractivity contribution >= 4 is 0 Å². The van der Waals surface area contributed by atoms with Gasteiger partial charge in [0.1, 0.15) is 11.7 Å². The summed E-state index contributed by atoms with van der Waals surface area (Å²) in [6.45, 7) is 1.96. The molecule has 2 rings (SSSR count). The van der Waals surface area contributed by atoms with Crippen LogP contribution in [0.4, 0.5) is 0 Å². The van der Waals surface area contributed by atoms with Crippen LogP contribution in [0.15, 0.2) is 42.6 Å². The average Bonchev–Trinajstić information content (AvgIpc) is 2.42. The standard InChI is InChI=1S/C14H13N3/c1-2-11(10-15)14-16-9-8-13(17-14)12-6-4-3-5-7-12/h3-9,11H,2H2,1H3. The van der Waals surface area contributed by atoms with Gasteiger partial charge in [-0.25, -0.2) is 9.97 Å². The molecule has 3 heteroatoms. The summed E-state index contributed by atoms with van der Waals surface area (Å²) in [5.74, 6) is 0.384. The molecule has 1 aromatic carbocycles. The summed E-state index contributed by atoms with van der Waals surface area (Å²) in [4.78, 5) is 8.62. The van der Waals surface area contributed by atoms with Gasteiger partial charge < -0.3 is 0 Å². The van der Waals surface area contributed by atoms with Crippen LogP contribution in [0.2, 0.25) is 0 Å². The normalized spacial score (nSPS) is 11.8. The van der Waals surface area contributed by atoms with Gasteiger partial charge in [-0.15, -0.1) is 0 Å². The number of nitriles is 1. The molecular weight excluding hydrogens is 210 g/mol. The molecule has 0 fully saturated rings. The van der Waals surface area contributed by atoms with E-state index in [2.05, 4.69) is 16.0 Å². The minimum Gasteiger partial charge on any atom is -0.240 e. The Balaban J connectivity index is 2.39. The first-order chi connectivity index (χ1) is 8.35. The van der Waals surface area contributed by atoms with Crippen LogP contribution in [-0.2, 0) is 0 Å². The lowest BCUT2D eigenvalue weighted by atomic mass is 10.1. The molecule has 3 nitrogen and oxygen atoms in total. The van der Waals surface area contributed by atoms with E-state index in [1.807, 2.05) is 43.3 Å². The molecule has 0 N–H and O–H groups in total. The third kappa shape index (κ3) is 2.48. The van der Waals surface area contributed by atoms with Gasteiger partial charge in [0.05, 0.1) is 11.8 Å². The molecule has 0 aliphatic heterocycles. The Morgan fingerprint density at radius 1 is 1.24 bits per heavy atom. The molecule has 1 atom stereocenters. The topological polar surface area (TPSA) is 49.6 Å². The van der Waals surface area contributed by atoms with E-state index < -0.39 is 0 Å². The second-order valence-corrected chi connectivity index (χ2v) is 3.76. The van der Waals surface area contributed by atoms with Gasteiger partial charge in [0.25, 0.3) is 0 Å². The Morgan fingerprint density at radius 2 is 2.00 bits per heavy atom. The predicted octanol–water partition coefficient (Wildman–Crippen LogP) is 3.16. The Bertz CT molecular complexity index is 529. The fourth-order valence-electron chi connectivity index (χ4n) is 1.64. The lowest BCUT2D eigenvalue weighted by Crippen LogP contribution is -2.01. The van der Waals surface area contributed by atoms with E-state index in [1.165, 1.54) is 0 Å². The largest absolute Gasteiger partial charge is 0.240 e. The minimum atomic E-state index is -0.223. The molecule has 0 spiro atoms. The number of hydrogen-bond donors (Lipinski definition) is 0. The van der Waals surface area contributed by atoms with Gasteiger partial charge in [0.15, 0.2) is 0 Å². The van der Waals surface area contributed by atoms with Gasteiger partial charge in [0.2, 0.25) is 0 Å². The lowest BCUT2D eigenvalue weighted by molar-refractivity contribution is 0.752.